The fraction of sp³-hybridized carbons (Fsp3) is 0.700. The van der Waals surface area contributed by atoms with Gasteiger partial charge in [-0.05, 0) is 20.8 Å². The monoisotopic (exact) mass is 184 g/mol. The number of carbonyl (C=O) groups excluding carboxylic acids is 1. The average Bonchev–Trinajstić information content (AvgIpc) is 2.69. The molecule has 0 aromatic heterocycles. The highest BCUT2D eigenvalue weighted by atomic mass is 16.6. The number of ether oxygens (including phenoxy) is 2. The topological polar surface area (TPSA) is 38.8 Å². The van der Waals surface area contributed by atoms with E-state index in [1.165, 1.54) is 0 Å². The van der Waals surface area contributed by atoms with Crippen LogP contribution in [-0.4, -0.2) is 24.3 Å². The van der Waals surface area contributed by atoms with Crippen molar-refractivity contribution in [1.82, 2.24) is 0 Å². The number of rotatable bonds is 4. The highest BCUT2D eigenvalue weighted by Crippen LogP contribution is 2.25. The lowest BCUT2D eigenvalue weighted by Gasteiger charge is -2.24. The molecule has 0 spiro atoms. The molecular weight excluding hydrogens is 168 g/mol. The van der Waals surface area contributed by atoms with Gasteiger partial charge in [0, 0.05) is 12.0 Å². The maximum atomic E-state index is 11.2. The molecule has 0 N–H and O–H groups in total. The van der Waals surface area contributed by atoms with E-state index in [0.717, 1.165) is 13.0 Å². The van der Waals surface area contributed by atoms with Crippen LogP contribution in [0.25, 0.3) is 0 Å². The van der Waals surface area contributed by atoms with Crippen molar-refractivity contribution in [2.24, 2.45) is 0 Å². The average molecular weight is 184 g/mol. The third-order valence-corrected chi connectivity index (χ3v) is 1.84. The second-order valence-electron chi connectivity index (χ2n) is 4.09. The van der Waals surface area contributed by atoms with E-state index in [9.17, 15) is 4.79 Å². The molecule has 0 aliphatic carbocycles. The fourth-order valence-electron chi connectivity index (χ4n) is 1.11. The molecule has 3 nitrogen and oxygen atoms in total. The maximum Gasteiger partial charge on any atom is 0.333 e. The second-order valence-corrected chi connectivity index (χ2v) is 4.09. The van der Waals surface area contributed by atoms with Gasteiger partial charge < -0.3 is 9.47 Å². The summed E-state index contributed by atoms with van der Waals surface area (Å²) in [6.07, 6.45) is 1.03. The summed E-state index contributed by atoms with van der Waals surface area (Å²) in [6.45, 7) is 9.73. The van der Waals surface area contributed by atoms with Gasteiger partial charge in [-0.2, -0.15) is 0 Å². The van der Waals surface area contributed by atoms with Crippen LogP contribution in [-0.2, 0) is 14.3 Å². The molecule has 1 aliphatic heterocycles. The van der Waals surface area contributed by atoms with Crippen LogP contribution in [0.2, 0.25) is 0 Å². The summed E-state index contributed by atoms with van der Waals surface area (Å²) >= 11 is 0. The number of hydrogen-bond donors (Lipinski definition) is 0. The molecule has 0 aromatic rings. The summed E-state index contributed by atoms with van der Waals surface area (Å²) in [5.74, 6) is -0.328. The van der Waals surface area contributed by atoms with E-state index >= 15 is 0 Å². The van der Waals surface area contributed by atoms with Crippen LogP contribution < -0.4 is 0 Å². The molecule has 0 amide bonds. The minimum absolute atomic E-state index is 0.271. The van der Waals surface area contributed by atoms with E-state index in [-0.39, 0.29) is 12.1 Å². The molecule has 3 heteroatoms. The van der Waals surface area contributed by atoms with E-state index < -0.39 is 5.60 Å². The Morgan fingerprint density at radius 1 is 1.69 bits per heavy atom. The van der Waals surface area contributed by atoms with E-state index in [1.54, 1.807) is 6.92 Å². The van der Waals surface area contributed by atoms with Gasteiger partial charge in [0.1, 0.15) is 5.60 Å². The van der Waals surface area contributed by atoms with Gasteiger partial charge in [0.05, 0.1) is 12.7 Å². The quantitative estimate of drug-likeness (QED) is 0.379. The van der Waals surface area contributed by atoms with Gasteiger partial charge in [-0.1, -0.05) is 6.58 Å². The third kappa shape index (κ3) is 3.59. The predicted molar refractivity (Wildman–Crippen MR) is 49.3 cm³/mol. The van der Waals surface area contributed by atoms with Crippen LogP contribution in [0.15, 0.2) is 12.2 Å². The maximum absolute atomic E-state index is 11.2. The van der Waals surface area contributed by atoms with E-state index in [0.29, 0.717) is 5.57 Å². The van der Waals surface area contributed by atoms with Crippen LogP contribution in [0, 0.1) is 0 Å². The van der Waals surface area contributed by atoms with Crippen molar-refractivity contribution in [3.63, 3.8) is 0 Å². The molecule has 1 unspecified atom stereocenters. The zero-order valence-corrected chi connectivity index (χ0v) is 8.42. The van der Waals surface area contributed by atoms with Crippen molar-refractivity contribution >= 4 is 5.97 Å². The van der Waals surface area contributed by atoms with Crippen LogP contribution in [0.5, 0.6) is 0 Å². The lowest BCUT2D eigenvalue weighted by Crippen LogP contribution is -2.30. The fourth-order valence-corrected chi connectivity index (χ4v) is 1.11. The first-order valence-corrected chi connectivity index (χ1v) is 4.41. The zero-order chi connectivity index (χ0) is 10.1. The smallest absolute Gasteiger partial charge is 0.333 e. The summed E-state index contributed by atoms with van der Waals surface area (Å²) in [5, 5.41) is 0. The Bertz CT molecular complexity index is 226. The Morgan fingerprint density at radius 2 is 2.23 bits per heavy atom. The third-order valence-electron chi connectivity index (χ3n) is 1.84. The van der Waals surface area contributed by atoms with Gasteiger partial charge in [0.2, 0.25) is 0 Å². The zero-order valence-electron chi connectivity index (χ0n) is 8.42. The van der Waals surface area contributed by atoms with Crippen molar-refractivity contribution in [3.8, 4) is 0 Å². The van der Waals surface area contributed by atoms with Crippen molar-refractivity contribution < 1.29 is 14.3 Å². The highest BCUT2D eigenvalue weighted by molar-refractivity contribution is 5.87. The number of epoxide rings is 1. The molecular formula is C10H16O3. The molecule has 1 heterocycles. The van der Waals surface area contributed by atoms with Crippen LogP contribution in [0.1, 0.15) is 27.2 Å². The van der Waals surface area contributed by atoms with Crippen molar-refractivity contribution in [3.05, 3.63) is 12.2 Å². The standard InChI is InChI=1S/C10H16O3/c1-7(2)9(11)13-10(3,4)5-8-6-12-8/h8H,1,5-6H2,2-4H3. The second kappa shape index (κ2) is 3.50. The lowest BCUT2D eigenvalue weighted by atomic mass is 10.0. The lowest BCUT2D eigenvalue weighted by molar-refractivity contribution is -0.152. The summed E-state index contributed by atoms with van der Waals surface area (Å²) < 4.78 is 10.3. The summed E-state index contributed by atoms with van der Waals surface area (Å²) in [7, 11) is 0. The van der Waals surface area contributed by atoms with Gasteiger partial charge >= 0.3 is 5.97 Å². The number of esters is 1. The first-order chi connectivity index (χ1) is 5.91. The predicted octanol–water partition coefficient (Wildman–Crippen LogP) is 1.67. The molecule has 13 heavy (non-hydrogen) atoms. The first kappa shape index (κ1) is 10.3. The van der Waals surface area contributed by atoms with Crippen molar-refractivity contribution in [2.75, 3.05) is 6.61 Å². The normalized spacial score (nSPS) is 21.0. The molecule has 0 radical (unpaired) electrons. The summed E-state index contributed by atoms with van der Waals surface area (Å²) in [4.78, 5) is 11.2. The SMILES string of the molecule is C=C(C)C(=O)OC(C)(C)CC1CO1. The number of carbonyl (C=O) groups is 1. The Labute approximate surface area is 78.7 Å². The molecule has 1 saturated heterocycles. The first-order valence-electron chi connectivity index (χ1n) is 4.41. The Kier molecular flexibility index (Phi) is 2.76. The van der Waals surface area contributed by atoms with E-state index in [2.05, 4.69) is 6.58 Å². The van der Waals surface area contributed by atoms with Gasteiger partial charge in [-0.3, -0.25) is 0 Å². The summed E-state index contributed by atoms with van der Waals surface area (Å²) in [6, 6.07) is 0. The van der Waals surface area contributed by atoms with Crippen LogP contribution in [0.4, 0.5) is 0 Å². The number of hydrogen-bond acceptors (Lipinski definition) is 3. The van der Waals surface area contributed by atoms with Crippen molar-refractivity contribution in [1.29, 1.82) is 0 Å². The largest absolute Gasteiger partial charge is 0.456 e. The highest BCUT2D eigenvalue weighted by Gasteiger charge is 2.33. The van der Waals surface area contributed by atoms with Gasteiger partial charge in [-0.15, -0.1) is 0 Å². The Hall–Kier alpha value is -0.830. The molecule has 1 rings (SSSR count). The molecule has 74 valence electrons. The molecule has 0 bridgehead atoms. The van der Waals surface area contributed by atoms with Gasteiger partial charge in [-0.25, -0.2) is 4.79 Å². The minimum atomic E-state index is -0.447. The van der Waals surface area contributed by atoms with Crippen LogP contribution >= 0.6 is 0 Å². The van der Waals surface area contributed by atoms with E-state index in [4.69, 9.17) is 9.47 Å². The molecule has 0 saturated carbocycles. The van der Waals surface area contributed by atoms with E-state index in [1.807, 2.05) is 13.8 Å². The van der Waals surface area contributed by atoms with Gasteiger partial charge in [0.15, 0.2) is 0 Å². The summed E-state index contributed by atoms with van der Waals surface area (Å²) in [5.41, 5.74) is -0.0122. The molecule has 1 aliphatic rings. The van der Waals surface area contributed by atoms with Crippen molar-refractivity contribution in [2.45, 2.75) is 38.9 Å². The van der Waals surface area contributed by atoms with Crippen LogP contribution in [0.3, 0.4) is 0 Å². The molecule has 1 fully saturated rings. The Balaban J connectivity index is 2.39. The molecule has 1 atom stereocenters. The Morgan fingerprint density at radius 3 is 2.62 bits per heavy atom. The minimum Gasteiger partial charge on any atom is -0.456 e. The van der Waals surface area contributed by atoms with Gasteiger partial charge in [0.25, 0.3) is 0 Å². The molecule has 0 aromatic carbocycles.